The molecule has 1 atom stereocenters. The summed E-state index contributed by atoms with van der Waals surface area (Å²) in [6.45, 7) is 5.50. The van der Waals surface area contributed by atoms with E-state index in [1.807, 2.05) is 12.1 Å². The number of fused-ring (bicyclic) bond motifs is 1. The highest BCUT2D eigenvalue weighted by atomic mass is 35.5. The smallest absolute Gasteiger partial charge is 0.267 e. The molecule has 1 aliphatic rings. The van der Waals surface area contributed by atoms with Crippen LogP contribution in [0.3, 0.4) is 0 Å². The van der Waals surface area contributed by atoms with E-state index in [1.165, 1.54) is 12.1 Å². The summed E-state index contributed by atoms with van der Waals surface area (Å²) in [5.41, 5.74) is 0.479. The lowest BCUT2D eigenvalue weighted by Crippen LogP contribution is -2.47. The molecule has 1 aliphatic heterocycles. The van der Waals surface area contributed by atoms with Gasteiger partial charge in [-0.1, -0.05) is 29.8 Å². The first-order valence-electron chi connectivity index (χ1n) is 9.02. The number of carbonyl (C=O) groups excluding carboxylic acids is 2. The van der Waals surface area contributed by atoms with Crippen molar-refractivity contribution in [2.24, 2.45) is 0 Å². The molecule has 0 radical (unpaired) electrons. The van der Waals surface area contributed by atoms with Crippen LogP contribution in [0.4, 0.5) is 10.1 Å². The highest BCUT2D eigenvalue weighted by molar-refractivity contribution is 6.31. The summed E-state index contributed by atoms with van der Waals surface area (Å²) in [5, 5.41) is 3.15. The zero-order chi connectivity index (χ0) is 20.5. The minimum absolute atomic E-state index is 0.106. The van der Waals surface area contributed by atoms with Crippen LogP contribution in [0, 0.1) is 5.82 Å². The maximum Gasteiger partial charge on any atom is 0.267 e. The maximum atomic E-state index is 13.3. The number of hydrogen-bond donors (Lipinski definition) is 1. The van der Waals surface area contributed by atoms with Gasteiger partial charge < -0.3 is 15.0 Å². The minimum Gasteiger partial charge on any atom is -0.479 e. The fourth-order valence-electron chi connectivity index (χ4n) is 3.28. The Balaban J connectivity index is 1.69. The Labute approximate surface area is 168 Å². The number of carbonyl (C=O) groups is 2. The highest BCUT2D eigenvalue weighted by Gasteiger charge is 2.32. The van der Waals surface area contributed by atoms with Gasteiger partial charge in [-0.25, -0.2) is 4.39 Å². The van der Waals surface area contributed by atoms with Gasteiger partial charge in [-0.05, 0) is 50.6 Å². The number of hydrogen-bond acceptors (Lipinski definition) is 3. The van der Waals surface area contributed by atoms with Crippen molar-refractivity contribution in [1.82, 2.24) is 5.32 Å². The van der Waals surface area contributed by atoms with Crippen molar-refractivity contribution >= 4 is 29.1 Å². The van der Waals surface area contributed by atoms with E-state index in [1.54, 1.807) is 43.9 Å². The Morgan fingerprint density at radius 3 is 2.71 bits per heavy atom. The second-order valence-electron chi connectivity index (χ2n) is 7.27. The number of rotatable bonds is 5. The quantitative estimate of drug-likeness (QED) is 0.818. The molecule has 5 nitrogen and oxygen atoms in total. The molecular formula is C21H22ClFN2O3. The van der Waals surface area contributed by atoms with Gasteiger partial charge in [0.1, 0.15) is 11.6 Å². The van der Waals surface area contributed by atoms with E-state index in [-0.39, 0.29) is 29.8 Å². The van der Waals surface area contributed by atoms with Gasteiger partial charge in [0, 0.05) is 18.0 Å². The number of benzene rings is 2. The molecule has 0 aromatic heterocycles. The summed E-state index contributed by atoms with van der Waals surface area (Å²) in [7, 11) is 0. The first-order chi connectivity index (χ1) is 13.2. The first-order valence-corrected chi connectivity index (χ1v) is 9.40. The fourth-order valence-corrected chi connectivity index (χ4v) is 3.68. The number of nitrogens with one attached hydrogen (secondary N) is 1. The molecule has 0 aliphatic carbocycles. The van der Waals surface area contributed by atoms with Gasteiger partial charge in [-0.15, -0.1) is 0 Å². The lowest BCUT2D eigenvalue weighted by molar-refractivity contribution is -0.125. The van der Waals surface area contributed by atoms with Crippen molar-refractivity contribution < 1.29 is 18.7 Å². The number of amides is 2. The van der Waals surface area contributed by atoms with E-state index in [0.29, 0.717) is 17.0 Å². The lowest BCUT2D eigenvalue weighted by atomic mass is 9.94. The Bertz CT molecular complexity index is 916. The molecule has 1 unspecified atom stereocenters. The van der Waals surface area contributed by atoms with E-state index in [4.69, 9.17) is 16.3 Å². The molecule has 0 saturated carbocycles. The molecule has 1 heterocycles. The molecule has 28 heavy (non-hydrogen) atoms. The van der Waals surface area contributed by atoms with E-state index < -0.39 is 17.5 Å². The molecule has 2 aromatic carbocycles. The zero-order valence-electron chi connectivity index (χ0n) is 16.0. The van der Waals surface area contributed by atoms with Crippen molar-refractivity contribution in [3.8, 4) is 5.75 Å². The summed E-state index contributed by atoms with van der Waals surface area (Å²) in [5.74, 6) is -0.245. The topological polar surface area (TPSA) is 58.6 Å². The summed E-state index contributed by atoms with van der Waals surface area (Å²) >= 11 is 6.13. The first kappa shape index (κ1) is 20.1. The van der Waals surface area contributed by atoms with E-state index in [9.17, 15) is 14.0 Å². The number of anilines is 1. The summed E-state index contributed by atoms with van der Waals surface area (Å²) in [4.78, 5) is 26.6. The molecular weight excluding hydrogens is 383 g/mol. The molecule has 7 heteroatoms. The van der Waals surface area contributed by atoms with Crippen molar-refractivity contribution in [2.45, 2.75) is 38.8 Å². The molecule has 0 spiro atoms. The van der Waals surface area contributed by atoms with Crippen LogP contribution in [0.1, 0.15) is 32.8 Å². The molecule has 2 aromatic rings. The van der Waals surface area contributed by atoms with Crippen molar-refractivity contribution in [3.05, 3.63) is 58.9 Å². The predicted octanol–water partition coefficient (Wildman–Crippen LogP) is 4.03. The summed E-state index contributed by atoms with van der Waals surface area (Å²) in [6.07, 6.45) is -0.498. The van der Waals surface area contributed by atoms with E-state index in [2.05, 4.69) is 5.32 Å². The molecule has 0 saturated heterocycles. The fraction of sp³-hybridized carbons (Fsp3) is 0.333. The van der Waals surface area contributed by atoms with Gasteiger partial charge in [0.05, 0.1) is 11.2 Å². The van der Waals surface area contributed by atoms with Gasteiger partial charge in [0.15, 0.2) is 6.10 Å². The Kier molecular flexibility index (Phi) is 5.61. The van der Waals surface area contributed by atoms with Crippen LogP contribution in [0.5, 0.6) is 5.75 Å². The largest absolute Gasteiger partial charge is 0.479 e. The molecule has 3 rings (SSSR count). The third kappa shape index (κ3) is 4.12. The van der Waals surface area contributed by atoms with E-state index in [0.717, 1.165) is 0 Å². The van der Waals surface area contributed by atoms with Crippen LogP contribution >= 0.6 is 11.6 Å². The molecule has 0 bridgehead atoms. The number of para-hydroxylation sites is 2. The normalized spacial score (nSPS) is 16.4. The Morgan fingerprint density at radius 1 is 1.29 bits per heavy atom. The van der Waals surface area contributed by atoms with Crippen LogP contribution in [-0.4, -0.2) is 24.5 Å². The van der Waals surface area contributed by atoms with Gasteiger partial charge in [0.2, 0.25) is 5.91 Å². The highest BCUT2D eigenvalue weighted by Crippen LogP contribution is 2.34. The summed E-state index contributed by atoms with van der Waals surface area (Å²) in [6, 6.07) is 11.3. The number of nitrogens with zero attached hydrogens (tertiary/aromatic N) is 1. The molecule has 2 amide bonds. The van der Waals surface area contributed by atoms with Crippen molar-refractivity contribution in [3.63, 3.8) is 0 Å². The van der Waals surface area contributed by atoms with Crippen LogP contribution < -0.4 is 15.0 Å². The van der Waals surface area contributed by atoms with E-state index >= 15 is 0 Å². The molecule has 1 N–H and O–H groups in total. The lowest BCUT2D eigenvalue weighted by Gasteiger charge is -2.33. The number of halogens is 2. The third-order valence-electron chi connectivity index (χ3n) is 4.69. The second kappa shape index (κ2) is 7.80. The predicted molar refractivity (Wildman–Crippen MR) is 106 cm³/mol. The SMILES string of the molecule is CC1Oc2ccccc2N(CCC(=O)NC(C)(C)c2ccc(F)cc2Cl)C1=O. The molecule has 0 fully saturated rings. The average Bonchev–Trinajstić information content (AvgIpc) is 2.61. The second-order valence-corrected chi connectivity index (χ2v) is 7.67. The third-order valence-corrected chi connectivity index (χ3v) is 5.01. The molecule has 148 valence electrons. The standard InChI is InChI=1S/C21H22ClFN2O3/c1-13-20(27)25(17-6-4-5-7-18(17)28-13)11-10-19(26)24-21(2,3)15-9-8-14(23)12-16(15)22/h4-9,12-13H,10-11H2,1-3H3,(H,24,26). The van der Waals surface area contributed by atoms with Crippen molar-refractivity contribution in [1.29, 1.82) is 0 Å². The van der Waals surface area contributed by atoms with Crippen LogP contribution in [0.2, 0.25) is 5.02 Å². The van der Waals surface area contributed by atoms with Crippen molar-refractivity contribution in [2.75, 3.05) is 11.4 Å². The van der Waals surface area contributed by atoms with Crippen LogP contribution in [0.15, 0.2) is 42.5 Å². The number of ether oxygens (including phenoxy) is 1. The van der Waals surface area contributed by atoms with Gasteiger partial charge >= 0.3 is 0 Å². The monoisotopic (exact) mass is 404 g/mol. The minimum atomic E-state index is -0.790. The average molecular weight is 405 g/mol. The van der Waals surface area contributed by atoms with Gasteiger partial charge in [0.25, 0.3) is 5.91 Å². The van der Waals surface area contributed by atoms with Gasteiger partial charge in [-0.2, -0.15) is 0 Å². The zero-order valence-corrected chi connectivity index (χ0v) is 16.7. The Hall–Kier alpha value is -2.60. The maximum absolute atomic E-state index is 13.3. The van der Waals surface area contributed by atoms with Crippen LogP contribution in [-0.2, 0) is 15.1 Å². The van der Waals surface area contributed by atoms with Crippen LogP contribution in [0.25, 0.3) is 0 Å². The summed E-state index contributed by atoms with van der Waals surface area (Å²) < 4.78 is 18.9. The van der Waals surface area contributed by atoms with Gasteiger partial charge in [-0.3, -0.25) is 9.59 Å². The Morgan fingerprint density at radius 2 is 2.00 bits per heavy atom.